The molecule has 0 atom stereocenters. The molecule has 0 spiro atoms. The first-order chi connectivity index (χ1) is 13.9. The van der Waals surface area contributed by atoms with Gasteiger partial charge in [-0.2, -0.15) is 0 Å². The van der Waals surface area contributed by atoms with E-state index in [9.17, 15) is 14.7 Å². The number of likely N-dealkylation sites (N-methyl/N-ethyl adjacent to an activating group) is 1. The summed E-state index contributed by atoms with van der Waals surface area (Å²) in [6, 6.07) is 13.1. The van der Waals surface area contributed by atoms with E-state index in [1.807, 2.05) is 50.2 Å². The van der Waals surface area contributed by atoms with E-state index in [1.165, 1.54) is 4.90 Å². The van der Waals surface area contributed by atoms with Gasteiger partial charge in [-0.05, 0) is 31.0 Å². The number of para-hydroxylation sites is 1. The first-order valence-corrected chi connectivity index (χ1v) is 9.51. The number of hydrogen-bond donors (Lipinski definition) is 1. The van der Waals surface area contributed by atoms with Crippen LogP contribution in [0.1, 0.15) is 22.3 Å². The summed E-state index contributed by atoms with van der Waals surface area (Å²) in [5.41, 5.74) is 4.18. The third-order valence-electron chi connectivity index (χ3n) is 5.13. The molecule has 2 amide bonds. The summed E-state index contributed by atoms with van der Waals surface area (Å²) in [6.07, 6.45) is 0. The van der Waals surface area contributed by atoms with Gasteiger partial charge >= 0.3 is 0 Å². The predicted octanol–water partition coefficient (Wildman–Crippen LogP) is 2.52. The number of methoxy groups -OCH3 is 1. The fourth-order valence-corrected chi connectivity index (χ4v) is 3.66. The Morgan fingerprint density at radius 1 is 1.07 bits per heavy atom. The lowest BCUT2D eigenvalue weighted by Gasteiger charge is -2.21. The van der Waals surface area contributed by atoms with Crippen LogP contribution < -0.4 is 4.74 Å². The molecular weight excluding hydrogens is 368 g/mol. The van der Waals surface area contributed by atoms with Crippen LogP contribution in [0.4, 0.5) is 0 Å². The minimum absolute atomic E-state index is 0.117. The van der Waals surface area contributed by atoms with Gasteiger partial charge < -0.3 is 14.7 Å². The summed E-state index contributed by atoms with van der Waals surface area (Å²) in [5, 5.41) is 9.38. The van der Waals surface area contributed by atoms with Crippen LogP contribution in [0.2, 0.25) is 0 Å². The summed E-state index contributed by atoms with van der Waals surface area (Å²) in [6.45, 7) is 4.17. The van der Waals surface area contributed by atoms with Gasteiger partial charge in [-0.15, -0.1) is 0 Å². The smallest absolute Gasteiger partial charge is 0.278 e. The second kappa shape index (κ2) is 8.49. The fraction of sp³-hybridized carbons (Fsp3) is 0.304. The van der Waals surface area contributed by atoms with Crippen LogP contribution in [0.25, 0.3) is 5.57 Å². The highest BCUT2D eigenvalue weighted by Gasteiger charge is 2.41. The van der Waals surface area contributed by atoms with E-state index in [0.29, 0.717) is 17.0 Å². The average molecular weight is 394 g/mol. The Balaban J connectivity index is 2.07. The molecule has 29 heavy (non-hydrogen) atoms. The highest BCUT2D eigenvalue weighted by molar-refractivity contribution is 6.35. The summed E-state index contributed by atoms with van der Waals surface area (Å²) in [5.74, 6) is -0.0854. The van der Waals surface area contributed by atoms with E-state index in [4.69, 9.17) is 4.74 Å². The number of carbonyl (C=O) groups is 2. The molecule has 1 aliphatic heterocycles. The van der Waals surface area contributed by atoms with Crippen LogP contribution in [0.5, 0.6) is 5.75 Å². The third kappa shape index (κ3) is 3.89. The van der Waals surface area contributed by atoms with Crippen molar-refractivity contribution in [3.63, 3.8) is 0 Å². The van der Waals surface area contributed by atoms with E-state index < -0.39 is 0 Å². The number of amides is 2. The molecule has 1 heterocycles. The Morgan fingerprint density at radius 3 is 2.45 bits per heavy atom. The van der Waals surface area contributed by atoms with E-state index in [-0.39, 0.29) is 31.5 Å². The van der Waals surface area contributed by atoms with Gasteiger partial charge in [0.25, 0.3) is 11.8 Å². The normalized spacial score (nSPS) is 14.0. The van der Waals surface area contributed by atoms with Crippen molar-refractivity contribution in [3.8, 4) is 5.75 Å². The number of aliphatic hydroxyl groups excluding tert-OH is 1. The zero-order valence-corrected chi connectivity index (χ0v) is 17.2. The molecule has 3 rings (SSSR count). The van der Waals surface area contributed by atoms with Crippen molar-refractivity contribution in [2.75, 3.05) is 27.3 Å². The van der Waals surface area contributed by atoms with Crippen LogP contribution in [0, 0.1) is 13.8 Å². The molecule has 0 saturated carbocycles. The lowest BCUT2D eigenvalue weighted by Crippen LogP contribution is -2.34. The minimum Gasteiger partial charge on any atom is -0.496 e. The minimum atomic E-state index is -0.369. The number of hydrogen-bond acceptors (Lipinski definition) is 5. The number of nitrogens with zero attached hydrogens (tertiary/aromatic N) is 2. The van der Waals surface area contributed by atoms with Crippen LogP contribution in [-0.4, -0.2) is 54.0 Å². The molecule has 2 aromatic rings. The van der Waals surface area contributed by atoms with Gasteiger partial charge in [0.2, 0.25) is 0 Å². The Hall–Kier alpha value is -3.12. The molecule has 2 aromatic carbocycles. The van der Waals surface area contributed by atoms with Gasteiger partial charge in [-0.25, -0.2) is 0 Å². The van der Waals surface area contributed by atoms with Gasteiger partial charge in [0.15, 0.2) is 0 Å². The maximum Gasteiger partial charge on any atom is 0.278 e. The molecule has 6 heteroatoms. The highest BCUT2D eigenvalue weighted by Crippen LogP contribution is 2.34. The van der Waals surface area contributed by atoms with Gasteiger partial charge in [0, 0.05) is 19.2 Å². The number of imide groups is 1. The second-order valence-electron chi connectivity index (χ2n) is 7.20. The van der Waals surface area contributed by atoms with Crippen LogP contribution in [0.3, 0.4) is 0 Å². The topological polar surface area (TPSA) is 70.1 Å². The van der Waals surface area contributed by atoms with Crippen molar-refractivity contribution in [1.29, 1.82) is 0 Å². The molecule has 1 N–H and O–H groups in total. The Kier molecular flexibility index (Phi) is 6.03. The first-order valence-electron chi connectivity index (χ1n) is 9.51. The summed E-state index contributed by atoms with van der Waals surface area (Å²) >= 11 is 0. The van der Waals surface area contributed by atoms with E-state index in [0.717, 1.165) is 22.3 Å². The number of aliphatic hydroxyl groups is 1. The molecule has 0 unspecified atom stereocenters. The molecular formula is C23H26N2O4. The number of carbonyl (C=O) groups excluding carboxylic acids is 2. The third-order valence-corrected chi connectivity index (χ3v) is 5.13. The second-order valence-corrected chi connectivity index (χ2v) is 7.20. The molecule has 0 saturated heterocycles. The van der Waals surface area contributed by atoms with Crippen LogP contribution in [-0.2, 0) is 16.1 Å². The molecule has 0 aliphatic carbocycles. The molecule has 0 fully saturated rings. The summed E-state index contributed by atoms with van der Waals surface area (Å²) in [4.78, 5) is 29.6. The SMILES string of the molecule is COc1ccccc1CN1C(=O)C(c2ccc(C)cc2C)=C(N(C)CCO)C1=O. The van der Waals surface area contributed by atoms with Crippen molar-refractivity contribution < 1.29 is 19.4 Å². The Labute approximate surface area is 171 Å². The largest absolute Gasteiger partial charge is 0.496 e. The van der Waals surface area contributed by atoms with Gasteiger partial charge in [-0.3, -0.25) is 14.5 Å². The number of aryl methyl sites for hydroxylation is 2. The maximum atomic E-state index is 13.4. The highest BCUT2D eigenvalue weighted by atomic mass is 16.5. The number of rotatable bonds is 7. The summed E-state index contributed by atoms with van der Waals surface area (Å²) < 4.78 is 5.38. The van der Waals surface area contributed by atoms with Gasteiger partial charge in [0.05, 0.1) is 25.8 Å². The predicted molar refractivity (Wildman–Crippen MR) is 111 cm³/mol. The van der Waals surface area contributed by atoms with Crippen LogP contribution >= 0.6 is 0 Å². The number of ether oxygens (including phenoxy) is 1. The first kappa shape index (κ1) is 20.6. The van der Waals surface area contributed by atoms with E-state index in [2.05, 4.69) is 0 Å². The fourth-order valence-electron chi connectivity index (χ4n) is 3.66. The molecule has 0 bridgehead atoms. The maximum absolute atomic E-state index is 13.4. The van der Waals surface area contributed by atoms with Crippen LogP contribution in [0.15, 0.2) is 48.2 Å². The molecule has 1 aliphatic rings. The monoisotopic (exact) mass is 394 g/mol. The van der Waals surface area contributed by atoms with Gasteiger partial charge in [0.1, 0.15) is 11.4 Å². The molecule has 152 valence electrons. The molecule has 0 radical (unpaired) electrons. The quantitative estimate of drug-likeness (QED) is 0.731. The van der Waals surface area contributed by atoms with Crippen molar-refractivity contribution in [3.05, 3.63) is 70.4 Å². The van der Waals surface area contributed by atoms with E-state index >= 15 is 0 Å². The number of benzene rings is 2. The molecule has 6 nitrogen and oxygen atoms in total. The Bertz CT molecular complexity index is 981. The van der Waals surface area contributed by atoms with Crippen molar-refractivity contribution in [2.45, 2.75) is 20.4 Å². The zero-order chi connectivity index (χ0) is 21.1. The Morgan fingerprint density at radius 2 is 1.79 bits per heavy atom. The van der Waals surface area contributed by atoms with E-state index in [1.54, 1.807) is 25.1 Å². The van der Waals surface area contributed by atoms with Crippen molar-refractivity contribution in [2.24, 2.45) is 0 Å². The average Bonchev–Trinajstić information content (AvgIpc) is 2.93. The lowest BCUT2D eigenvalue weighted by atomic mass is 9.97. The van der Waals surface area contributed by atoms with Crippen molar-refractivity contribution in [1.82, 2.24) is 9.80 Å². The zero-order valence-electron chi connectivity index (χ0n) is 17.2. The van der Waals surface area contributed by atoms with Crippen molar-refractivity contribution >= 4 is 17.4 Å². The molecule has 0 aromatic heterocycles. The standard InChI is InChI=1S/C23H26N2O4/c1-15-9-10-18(16(2)13-15)20-21(24(3)11-12-26)23(28)25(22(20)27)14-17-7-5-6-8-19(17)29-4/h5-10,13,26H,11-12,14H2,1-4H3. The lowest BCUT2D eigenvalue weighted by molar-refractivity contribution is -0.138. The summed E-state index contributed by atoms with van der Waals surface area (Å²) in [7, 11) is 3.28. The van der Waals surface area contributed by atoms with Gasteiger partial charge in [-0.1, -0.05) is 42.0 Å².